The quantitative estimate of drug-likeness (QED) is 0.253. The Bertz CT molecular complexity index is 1810. The number of hydrogen-bond donors (Lipinski definition) is 1. The maximum absolute atomic E-state index is 13.7. The number of benzene rings is 3. The van der Waals surface area contributed by atoms with Crippen molar-refractivity contribution in [3.05, 3.63) is 106 Å². The molecular formula is C33H33N5O2. The number of rotatable bonds is 6. The maximum atomic E-state index is 13.7. The zero-order valence-electron chi connectivity index (χ0n) is 22.9. The van der Waals surface area contributed by atoms with Crippen LogP contribution in [0.5, 0.6) is 0 Å². The number of nitrogens with one attached hydrogen (secondary N) is 1. The number of hydrogen-bond acceptors (Lipinski definition) is 4. The van der Waals surface area contributed by atoms with E-state index in [0.717, 1.165) is 64.9 Å². The lowest BCUT2D eigenvalue weighted by molar-refractivity contribution is -0.116. The maximum Gasteiger partial charge on any atom is 0.282 e. The van der Waals surface area contributed by atoms with Crippen LogP contribution in [0.4, 0.5) is 5.69 Å². The van der Waals surface area contributed by atoms with E-state index >= 15 is 0 Å². The van der Waals surface area contributed by atoms with Crippen molar-refractivity contribution in [3.8, 4) is 0 Å². The molecule has 0 saturated heterocycles. The minimum absolute atomic E-state index is 0.101. The van der Waals surface area contributed by atoms with Crippen LogP contribution < -0.4 is 10.9 Å². The summed E-state index contributed by atoms with van der Waals surface area (Å²) in [7, 11) is 0. The Balaban J connectivity index is 1.40. The lowest BCUT2D eigenvalue weighted by Gasteiger charge is -2.22. The van der Waals surface area contributed by atoms with Gasteiger partial charge >= 0.3 is 0 Å². The highest BCUT2D eigenvalue weighted by atomic mass is 16.2. The largest absolute Gasteiger partial charge is 0.335 e. The van der Waals surface area contributed by atoms with E-state index in [4.69, 9.17) is 10.1 Å². The highest BCUT2D eigenvalue weighted by Gasteiger charge is 2.23. The van der Waals surface area contributed by atoms with Gasteiger partial charge in [-0.2, -0.15) is 9.78 Å². The Morgan fingerprint density at radius 3 is 2.45 bits per heavy atom. The van der Waals surface area contributed by atoms with Crippen LogP contribution in [0.1, 0.15) is 60.7 Å². The van der Waals surface area contributed by atoms with Crippen LogP contribution in [0.25, 0.3) is 21.8 Å². The monoisotopic (exact) mass is 531 g/mol. The fourth-order valence-corrected chi connectivity index (χ4v) is 5.86. The summed E-state index contributed by atoms with van der Waals surface area (Å²) in [5, 5.41) is 9.37. The van der Waals surface area contributed by atoms with Crippen molar-refractivity contribution in [1.29, 1.82) is 0 Å². The molecule has 5 aromatic rings. The van der Waals surface area contributed by atoms with E-state index in [-0.39, 0.29) is 23.9 Å². The van der Waals surface area contributed by atoms with Gasteiger partial charge in [-0.25, -0.2) is 4.98 Å². The molecule has 0 spiro atoms. The van der Waals surface area contributed by atoms with E-state index in [1.807, 2.05) is 91.2 Å². The van der Waals surface area contributed by atoms with Gasteiger partial charge in [-0.1, -0.05) is 67.8 Å². The van der Waals surface area contributed by atoms with Crippen LogP contribution >= 0.6 is 0 Å². The van der Waals surface area contributed by atoms with E-state index in [0.29, 0.717) is 10.9 Å². The molecule has 40 heavy (non-hydrogen) atoms. The smallest absolute Gasteiger partial charge is 0.282 e. The first-order valence-electron chi connectivity index (χ1n) is 14.0. The summed E-state index contributed by atoms with van der Waals surface area (Å²) < 4.78 is 3.52. The van der Waals surface area contributed by atoms with Crippen LogP contribution in [0.2, 0.25) is 0 Å². The second kappa shape index (κ2) is 10.9. The molecule has 3 aromatic carbocycles. The van der Waals surface area contributed by atoms with Crippen LogP contribution in [-0.4, -0.2) is 26.3 Å². The van der Waals surface area contributed by atoms with Crippen LogP contribution in [0.15, 0.2) is 82.7 Å². The van der Waals surface area contributed by atoms with E-state index in [1.165, 1.54) is 11.1 Å². The molecule has 1 fully saturated rings. The van der Waals surface area contributed by atoms with Gasteiger partial charge in [0, 0.05) is 33.8 Å². The van der Waals surface area contributed by atoms with Crippen molar-refractivity contribution in [1.82, 2.24) is 14.2 Å². The van der Waals surface area contributed by atoms with Gasteiger partial charge in [0.25, 0.3) is 5.56 Å². The number of carbonyl (C=O) groups is 1. The van der Waals surface area contributed by atoms with Crippen molar-refractivity contribution < 1.29 is 4.79 Å². The fourth-order valence-electron chi connectivity index (χ4n) is 5.86. The third-order valence-corrected chi connectivity index (χ3v) is 8.05. The van der Waals surface area contributed by atoms with Gasteiger partial charge in [-0.15, -0.1) is 0 Å². The minimum atomic E-state index is -0.151. The summed E-state index contributed by atoms with van der Waals surface area (Å²) in [6, 6.07) is 23.2. The Kier molecular flexibility index (Phi) is 7.03. The Labute approximate surface area is 233 Å². The van der Waals surface area contributed by atoms with Crippen LogP contribution in [-0.2, 0) is 11.3 Å². The topological polar surface area (TPSA) is 81.3 Å². The predicted octanol–water partition coefficient (Wildman–Crippen LogP) is 6.54. The summed E-state index contributed by atoms with van der Waals surface area (Å²) >= 11 is 0. The molecule has 1 aliphatic rings. The van der Waals surface area contributed by atoms with E-state index in [2.05, 4.69) is 5.32 Å². The van der Waals surface area contributed by atoms with Gasteiger partial charge in [0.15, 0.2) is 0 Å². The van der Waals surface area contributed by atoms with E-state index < -0.39 is 0 Å². The molecule has 2 heterocycles. The van der Waals surface area contributed by atoms with E-state index in [1.54, 1.807) is 6.21 Å². The molecule has 7 nitrogen and oxygen atoms in total. The molecule has 202 valence electrons. The first kappa shape index (κ1) is 25.7. The summed E-state index contributed by atoms with van der Waals surface area (Å²) in [5.41, 5.74) is 5.12. The third-order valence-electron chi connectivity index (χ3n) is 8.05. The average molecular weight is 532 g/mol. The number of amides is 1. The molecule has 0 radical (unpaired) electrons. The number of aryl methyl sites for hydroxylation is 1. The van der Waals surface area contributed by atoms with Crippen molar-refractivity contribution in [3.63, 3.8) is 0 Å². The molecule has 2 aromatic heterocycles. The van der Waals surface area contributed by atoms with Crippen molar-refractivity contribution >= 4 is 39.6 Å². The molecule has 1 aliphatic carbocycles. The third kappa shape index (κ3) is 4.83. The minimum Gasteiger partial charge on any atom is -0.335 e. The van der Waals surface area contributed by atoms with Crippen molar-refractivity contribution in [2.24, 2.45) is 5.10 Å². The SMILES string of the molecule is Cc1ccccc1NC(=O)Cn1c(C)c(C=Nn2c(C3CCCCC3)nc3ccccc3c2=O)c2ccccc21. The van der Waals surface area contributed by atoms with Crippen LogP contribution in [0.3, 0.4) is 0 Å². The average Bonchev–Trinajstić information content (AvgIpc) is 3.24. The number of carbonyl (C=O) groups excluding carboxylic acids is 1. The molecule has 1 amide bonds. The molecule has 0 aliphatic heterocycles. The molecule has 0 unspecified atom stereocenters. The van der Waals surface area contributed by atoms with Gasteiger partial charge in [0.2, 0.25) is 5.91 Å². The molecule has 1 saturated carbocycles. The molecule has 7 heteroatoms. The summed E-state index contributed by atoms with van der Waals surface area (Å²) in [6.07, 6.45) is 7.26. The number of aromatic nitrogens is 3. The Hall–Kier alpha value is -4.52. The molecule has 0 bridgehead atoms. The van der Waals surface area contributed by atoms with Gasteiger partial charge in [-0.05, 0) is 56.5 Å². The molecule has 6 rings (SSSR count). The zero-order valence-corrected chi connectivity index (χ0v) is 22.9. The lowest BCUT2D eigenvalue weighted by atomic mass is 9.88. The lowest BCUT2D eigenvalue weighted by Crippen LogP contribution is -2.25. The first-order chi connectivity index (χ1) is 19.5. The predicted molar refractivity (Wildman–Crippen MR) is 161 cm³/mol. The summed E-state index contributed by atoms with van der Waals surface area (Å²) in [5.74, 6) is 0.839. The van der Waals surface area contributed by atoms with Crippen LogP contribution in [0, 0.1) is 13.8 Å². The number of fused-ring (bicyclic) bond motifs is 2. The summed E-state index contributed by atoms with van der Waals surface area (Å²) in [6.45, 7) is 4.14. The van der Waals surface area contributed by atoms with Crippen molar-refractivity contribution in [2.45, 2.75) is 58.4 Å². The first-order valence-corrected chi connectivity index (χ1v) is 14.0. The highest BCUT2D eigenvalue weighted by Crippen LogP contribution is 2.32. The fraction of sp³-hybridized carbons (Fsp3) is 0.273. The van der Waals surface area contributed by atoms with Gasteiger partial charge in [-0.3, -0.25) is 9.59 Å². The molecule has 0 atom stereocenters. The number of nitrogens with zero attached hydrogens (tertiary/aromatic N) is 4. The Morgan fingerprint density at radius 1 is 0.950 bits per heavy atom. The molecular weight excluding hydrogens is 498 g/mol. The van der Waals surface area contributed by atoms with Gasteiger partial charge < -0.3 is 9.88 Å². The Morgan fingerprint density at radius 2 is 1.65 bits per heavy atom. The standard InChI is InChI=1S/C33H33N5O2/c1-22-12-6-9-17-28(22)35-31(39)21-37-23(2)27(25-15-8-11-19-30(25)37)20-34-38-32(24-13-4-3-5-14-24)36-29-18-10-7-16-26(29)33(38)40/h6-12,15-20,24H,3-5,13-14,21H2,1-2H3,(H,35,39). The van der Waals surface area contributed by atoms with E-state index in [9.17, 15) is 9.59 Å². The van der Waals surface area contributed by atoms with Gasteiger partial charge in [0.05, 0.1) is 17.1 Å². The van der Waals surface area contributed by atoms with Gasteiger partial charge in [0.1, 0.15) is 12.4 Å². The second-order valence-electron chi connectivity index (χ2n) is 10.6. The zero-order chi connectivity index (χ0) is 27.6. The van der Waals surface area contributed by atoms with Crippen molar-refractivity contribution in [2.75, 3.05) is 5.32 Å². The number of para-hydroxylation sites is 3. The highest BCUT2D eigenvalue weighted by molar-refractivity contribution is 6.02. The molecule has 1 N–H and O–H groups in total. The summed E-state index contributed by atoms with van der Waals surface area (Å²) in [4.78, 5) is 31.7. The normalized spacial score (nSPS) is 14.3. The number of anilines is 1. The second-order valence-corrected chi connectivity index (χ2v) is 10.6.